The number of halogens is 2. The fraction of sp³-hybridized carbons (Fsp3) is 0.0625. The second kappa shape index (κ2) is 5.91. The fourth-order valence-electron chi connectivity index (χ4n) is 2.05. The van der Waals surface area contributed by atoms with Crippen molar-refractivity contribution >= 4 is 23.2 Å². The average molecular weight is 336 g/mol. The molecular weight excluding hydrogens is 325 g/mol. The largest absolute Gasteiger partial charge is 0.506 e. The Kier molecular flexibility index (Phi) is 3.96. The number of hydrogen-bond acceptors (Lipinski definition) is 4. The van der Waals surface area contributed by atoms with Crippen molar-refractivity contribution in [1.29, 1.82) is 0 Å². The quantitative estimate of drug-likeness (QED) is 0.729. The molecule has 0 bridgehead atoms. The summed E-state index contributed by atoms with van der Waals surface area (Å²) in [6, 6.07) is 12.1. The Hall–Kier alpha value is -2.17. The second-order valence-corrected chi connectivity index (χ2v) is 5.43. The molecule has 3 rings (SSSR count). The maximum Gasteiger partial charge on any atom is 0.167 e. The second-order valence-electron chi connectivity index (χ2n) is 4.59. The average Bonchev–Trinajstić information content (AvgIpc) is 3.00. The van der Waals surface area contributed by atoms with Gasteiger partial charge < -0.3 is 14.4 Å². The lowest BCUT2D eigenvalue weighted by Crippen LogP contribution is -1.81. The number of aromatic nitrogens is 1. The molecule has 0 saturated carbocycles. The zero-order valence-electron chi connectivity index (χ0n) is 11.5. The first-order valence-corrected chi connectivity index (χ1v) is 7.13. The highest BCUT2D eigenvalue weighted by Crippen LogP contribution is 2.38. The number of benzene rings is 2. The summed E-state index contributed by atoms with van der Waals surface area (Å²) in [4.78, 5) is 0. The summed E-state index contributed by atoms with van der Waals surface area (Å²) in [6.07, 6.45) is 0. The van der Waals surface area contributed by atoms with E-state index in [0.717, 1.165) is 11.3 Å². The van der Waals surface area contributed by atoms with E-state index < -0.39 is 0 Å². The van der Waals surface area contributed by atoms with Gasteiger partial charge in [0.25, 0.3) is 0 Å². The van der Waals surface area contributed by atoms with Crippen molar-refractivity contribution in [2.24, 2.45) is 0 Å². The molecule has 0 aliphatic carbocycles. The number of aromatic hydroxyl groups is 1. The van der Waals surface area contributed by atoms with E-state index in [2.05, 4.69) is 5.16 Å². The van der Waals surface area contributed by atoms with Gasteiger partial charge in [0.15, 0.2) is 5.76 Å². The van der Waals surface area contributed by atoms with Crippen LogP contribution in [-0.2, 0) is 0 Å². The molecule has 1 N–H and O–H groups in total. The van der Waals surface area contributed by atoms with Gasteiger partial charge >= 0.3 is 0 Å². The zero-order valence-corrected chi connectivity index (χ0v) is 13.0. The van der Waals surface area contributed by atoms with Crippen LogP contribution in [-0.4, -0.2) is 17.4 Å². The Balaban J connectivity index is 2.00. The smallest absolute Gasteiger partial charge is 0.167 e. The molecule has 0 spiro atoms. The third-order valence-corrected chi connectivity index (χ3v) is 3.70. The molecule has 4 nitrogen and oxygen atoms in total. The molecule has 2 aromatic carbocycles. The van der Waals surface area contributed by atoms with Gasteiger partial charge in [-0.15, -0.1) is 0 Å². The molecule has 22 heavy (non-hydrogen) atoms. The summed E-state index contributed by atoms with van der Waals surface area (Å²) < 4.78 is 10.4. The van der Waals surface area contributed by atoms with E-state index in [1.54, 1.807) is 19.2 Å². The summed E-state index contributed by atoms with van der Waals surface area (Å²) >= 11 is 11.9. The van der Waals surface area contributed by atoms with Gasteiger partial charge in [0.05, 0.1) is 12.1 Å². The molecule has 1 heterocycles. The van der Waals surface area contributed by atoms with Crippen LogP contribution < -0.4 is 4.74 Å². The number of nitrogens with zero attached hydrogens (tertiary/aromatic N) is 1. The Morgan fingerprint density at radius 2 is 1.82 bits per heavy atom. The van der Waals surface area contributed by atoms with Crippen LogP contribution in [0, 0.1) is 0 Å². The van der Waals surface area contributed by atoms with E-state index in [9.17, 15) is 5.11 Å². The van der Waals surface area contributed by atoms with Crippen molar-refractivity contribution in [2.75, 3.05) is 7.11 Å². The van der Waals surface area contributed by atoms with Gasteiger partial charge in [-0.25, -0.2) is 0 Å². The lowest BCUT2D eigenvalue weighted by atomic mass is 10.1. The van der Waals surface area contributed by atoms with E-state index in [1.165, 1.54) is 6.07 Å². The Morgan fingerprint density at radius 1 is 1.09 bits per heavy atom. The lowest BCUT2D eigenvalue weighted by Gasteiger charge is -2.03. The molecule has 0 saturated heterocycles. The lowest BCUT2D eigenvalue weighted by molar-refractivity contribution is 0.414. The fourth-order valence-corrected chi connectivity index (χ4v) is 2.55. The SMILES string of the molecule is COc1ccc(-c2cc(-c3cc(Cl)cc(Cl)c3O)no2)cc1. The van der Waals surface area contributed by atoms with E-state index >= 15 is 0 Å². The van der Waals surface area contributed by atoms with Gasteiger partial charge in [0, 0.05) is 22.2 Å². The molecule has 6 heteroatoms. The summed E-state index contributed by atoms with van der Waals surface area (Å²) in [5, 5.41) is 14.6. The highest BCUT2D eigenvalue weighted by Gasteiger charge is 2.15. The van der Waals surface area contributed by atoms with Crippen molar-refractivity contribution in [3.05, 3.63) is 52.5 Å². The zero-order chi connectivity index (χ0) is 15.7. The Labute approximate surface area is 136 Å². The number of ether oxygens (including phenoxy) is 1. The number of hydrogen-bond donors (Lipinski definition) is 1. The van der Waals surface area contributed by atoms with Crippen LogP contribution in [0.2, 0.25) is 10.0 Å². The molecule has 0 unspecified atom stereocenters. The summed E-state index contributed by atoms with van der Waals surface area (Å²) in [5.41, 5.74) is 1.71. The van der Waals surface area contributed by atoms with Gasteiger partial charge in [0.1, 0.15) is 17.2 Å². The first-order valence-electron chi connectivity index (χ1n) is 6.38. The third-order valence-electron chi connectivity index (χ3n) is 3.19. The van der Waals surface area contributed by atoms with Crippen LogP contribution in [0.1, 0.15) is 0 Å². The van der Waals surface area contributed by atoms with Crippen LogP contribution in [0.25, 0.3) is 22.6 Å². The minimum Gasteiger partial charge on any atom is -0.506 e. The minimum absolute atomic E-state index is 0.0827. The number of rotatable bonds is 3. The van der Waals surface area contributed by atoms with Crippen LogP contribution in [0.4, 0.5) is 0 Å². The van der Waals surface area contributed by atoms with E-state index in [0.29, 0.717) is 22.0 Å². The molecule has 112 valence electrons. The van der Waals surface area contributed by atoms with Gasteiger partial charge in [-0.1, -0.05) is 28.4 Å². The van der Waals surface area contributed by atoms with E-state index in [1.807, 2.05) is 24.3 Å². The first kappa shape index (κ1) is 14.8. The maximum absolute atomic E-state index is 10.0. The van der Waals surface area contributed by atoms with Crippen LogP contribution in [0.5, 0.6) is 11.5 Å². The van der Waals surface area contributed by atoms with E-state index in [-0.39, 0.29) is 10.8 Å². The van der Waals surface area contributed by atoms with Crippen LogP contribution >= 0.6 is 23.2 Å². The van der Waals surface area contributed by atoms with Crippen molar-refractivity contribution < 1.29 is 14.4 Å². The highest BCUT2D eigenvalue weighted by molar-refractivity contribution is 6.36. The molecule has 0 fully saturated rings. The number of methoxy groups -OCH3 is 1. The minimum atomic E-state index is -0.0827. The van der Waals surface area contributed by atoms with Gasteiger partial charge in [-0.2, -0.15) is 0 Å². The Morgan fingerprint density at radius 3 is 2.50 bits per heavy atom. The number of phenolic OH excluding ortho intramolecular Hbond substituents is 1. The highest BCUT2D eigenvalue weighted by atomic mass is 35.5. The normalized spacial score (nSPS) is 10.7. The van der Waals surface area contributed by atoms with Crippen molar-refractivity contribution in [3.63, 3.8) is 0 Å². The molecule has 0 atom stereocenters. The number of phenols is 1. The molecule has 3 aromatic rings. The Bertz CT molecular complexity index is 813. The van der Waals surface area contributed by atoms with Crippen LogP contribution in [0.15, 0.2) is 47.0 Å². The molecule has 0 amide bonds. The first-order chi connectivity index (χ1) is 10.6. The van der Waals surface area contributed by atoms with Crippen molar-refractivity contribution in [2.45, 2.75) is 0 Å². The molecule has 0 radical (unpaired) electrons. The summed E-state index contributed by atoms with van der Waals surface area (Å²) in [6.45, 7) is 0. The maximum atomic E-state index is 10.0. The van der Waals surface area contributed by atoms with Crippen molar-refractivity contribution in [3.8, 4) is 34.1 Å². The van der Waals surface area contributed by atoms with Gasteiger partial charge in [-0.3, -0.25) is 0 Å². The van der Waals surface area contributed by atoms with Crippen molar-refractivity contribution in [1.82, 2.24) is 5.16 Å². The third kappa shape index (κ3) is 2.75. The van der Waals surface area contributed by atoms with Gasteiger partial charge in [-0.05, 0) is 36.4 Å². The predicted octanol–water partition coefficient (Wildman–Crippen LogP) is 5.03. The molecule has 1 aromatic heterocycles. The molecule has 0 aliphatic heterocycles. The van der Waals surface area contributed by atoms with E-state index in [4.69, 9.17) is 32.5 Å². The summed E-state index contributed by atoms with van der Waals surface area (Å²) in [5.74, 6) is 1.23. The van der Waals surface area contributed by atoms with Gasteiger partial charge in [0.2, 0.25) is 0 Å². The van der Waals surface area contributed by atoms with Crippen LogP contribution in [0.3, 0.4) is 0 Å². The molecular formula is C16H11Cl2NO3. The molecule has 0 aliphatic rings. The predicted molar refractivity (Wildman–Crippen MR) is 85.6 cm³/mol. The summed E-state index contributed by atoms with van der Waals surface area (Å²) in [7, 11) is 1.60. The monoisotopic (exact) mass is 335 g/mol. The topological polar surface area (TPSA) is 55.5 Å². The standard InChI is InChI=1S/C16H11Cl2NO3/c1-21-11-4-2-9(3-5-11)15-8-14(19-22-15)12-6-10(17)7-13(18)16(12)20/h2-8,20H,1H3.